The number of hydrogen-bond acceptors (Lipinski definition) is 7. The minimum atomic E-state index is -4.68. The predicted octanol–water partition coefficient (Wildman–Crippen LogP) is 5.42. The molecule has 0 bridgehead atoms. The normalized spacial score (nSPS) is 14.5. The lowest BCUT2D eigenvalue weighted by molar-refractivity contribution is -0.139. The number of ether oxygens (including phenoxy) is 1. The van der Waals surface area contributed by atoms with Gasteiger partial charge in [0.1, 0.15) is 30.4 Å². The van der Waals surface area contributed by atoms with Crippen molar-refractivity contribution in [2.45, 2.75) is 57.1 Å². The van der Waals surface area contributed by atoms with E-state index in [1.807, 2.05) is 24.3 Å². The molecule has 0 aromatic heterocycles. The first-order valence-corrected chi connectivity index (χ1v) is 18.5. The van der Waals surface area contributed by atoms with Gasteiger partial charge in [-0.2, -0.15) is 0 Å². The first-order valence-electron chi connectivity index (χ1n) is 16.8. The number of carboxylic acid groups (broad SMARTS) is 1. The summed E-state index contributed by atoms with van der Waals surface area (Å²) in [5.41, 5.74) is 2.57. The highest BCUT2D eigenvalue weighted by molar-refractivity contribution is 7.53. The van der Waals surface area contributed by atoms with Crippen molar-refractivity contribution in [3.05, 3.63) is 144 Å². The maximum absolute atomic E-state index is 14.0. The molecule has 0 radical (unpaired) electrons. The van der Waals surface area contributed by atoms with Gasteiger partial charge in [-0.05, 0) is 28.2 Å². The third kappa shape index (κ3) is 12.2. The topological polar surface area (TPSA) is 180 Å². The van der Waals surface area contributed by atoms with Crippen LogP contribution in [0.3, 0.4) is 0 Å². The molecule has 52 heavy (non-hydrogen) atoms. The lowest BCUT2D eigenvalue weighted by atomic mass is 10.0. The van der Waals surface area contributed by atoms with Gasteiger partial charge in [0.15, 0.2) is 0 Å². The molecule has 12 nitrogen and oxygen atoms in total. The fraction of sp³-hybridized carbons (Fsp3) is 0.282. The van der Waals surface area contributed by atoms with Crippen molar-refractivity contribution in [1.29, 1.82) is 0 Å². The third-order valence-corrected chi connectivity index (χ3v) is 10.2. The molecule has 5 unspecified atom stereocenters. The first-order chi connectivity index (χ1) is 24.9. The Balaban J connectivity index is 1.53. The van der Waals surface area contributed by atoms with Crippen molar-refractivity contribution >= 4 is 31.5 Å². The number of hydrogen-bond donors (Lipinski definition) is 5. The highest BCUT2D eigenvalue weighted by atomic mass is 31.2. The highest BCUT2D eigenvalue weighted by Gasteiger charge is 2.39. The summed E-state index contributed by atoms with van der Waals surface area (Å²) in [6.07, 6.45) is -0.754. The molecule has 4 rings (SSSR count). The number of benzene rings is 4. The average Bonchev–Trinajstić information content (AvgIpc) is 3.13. The Morgan fingerprint density at radius 2 is 1.10 bits per heavy atom. The lowest BCUT2D eigenvalue weighted by Crippen LogP contribution is -2.56. The van der Waals surface area contributed by atoms with Gasteiger partial charge < -0.3 is 35.2 Å². The van der Waals surface area contributed by atoms with Gasteiger partial charge in [0.2, 0.25) is 11.8 Å². The zero-order chi connectivity index (χ0) is 37.5. The largest absolute Gasteiger partial charge is 0.481 e. The van der Waals surface area contributed by atoms with Crippen LogP contribution in [0.2, 0.25) is 0 Å². The van der Waals surface area contributed by atoms with Crippen molar-refractivity contribution < 1.29 is 43.0 Å². The molecule has 5 atom stereocenters. The molecule has 13 heteroatoms. The van der Waals surface area contributed by atoms with Gasteiger partial charge in [0.05, 0.1) is 6.61 Å². The molecule has 5 N–H and O–H groups in total. The summed E-state index contributed by atoms with van der Waals surface area (Å²) in [6.45, 7) is 2.57. The average molecular weight is 730 g/mol. The molecule has 4 aromatic rings. The first kappa shape index (κ1) is 39.5. The number of carbonyl (C=O) groups is 4. The predicted molar refractivity (Wildman–Crippen MR) is 195 cm³/mol. The Morgan fingerprint density at radius 1 is 0.654 bits per heavy atom. The van der Waals surface area contributed by atoms with E-state index in [2.05, 4.69) is 16.0 Å². The molecular formula is C39H44N3O9P. The number of carboxylic acids is 1. The molecule has 274 valence electrons. The van der Waals surface area contributed by atoms with Crippen LogP contribution < -0.4 is 16.0 Å². The Labute approximate surface area is 303 Å². The van der Waals surface area contributed by atoms with E-state index < -0.39 is 67.8 Å². The van der Waals surface area contributed by atoms with Crippen LogP contribution in [0.4, 0.5) is 4.79 Å². The van der Waals surface area contributed by atoms with Crippen molar-refractivity contribution in [2.24, 2.45) is 5.92 Å². The second-order valence-electron chi connectivity index (χ2n) is 12.6. The zero-order valence-electron chi connectivity index (χ0n) is 29.0. The molecule has 0 aliphatic heterocycles. The number of amides is 3. The quantitative estimate of drug-likeness (QED) is 0.0836. The van der Waals surface area contributed by atoms with Crippen molar-refractivity contribution in [1.82, 2.24) is 16.0 Å². The van der Waals surface area contributed by atoms with Crippen LogP contribution >= 0.6 is 7.60 Å². The van der Waals surface area contributed by atoms with Gasteiger partial charge in [-0.1, -0.05) is 135 Å². The summed E-state index contributed by atoms with van der Waals surface area (Å²) in [7, 11) is -4.68. The molecule has 0 saturated carbocycles. The van der Waals surface area contributed by atoms with Gasteiger partial charge in [0, 0.05) is 12.8 Å². The van der Waals surface area contributed by atoms with Gasteiger partial charge in [0.25, 0.3) is 0 Å². The Hall–Kier alpha value is -5.29. The van der Waals surface area contributed by atoms with E-state index in [1.54, 1.807) is 111 Å². The number of carbonyl (C=O) groups excluding carboxylic acids is 3. The molecule has 0 heterocycles. The van der Waals surface area contributed by atoms with Crippen LogP contribution in [0.15, 0.2) is 121 Å². The molecule has 0 aliphatic carbocycles. The summed E-state index contributed by atoms with van der Waals surface area (Å²) in [5.74, 6) is -6.04. The standard InChI is InChI=1S/C39H44N3O9P/c1-27(2)37(52(48,49)51-26-32(38(45)46)31-21-13-6-14-22-31)42-36(44)33(23-28-15-7-3-8-16-28)40-35(43)34(24-29-17-9-4-10-18-29)41-39(47)50-25-30-19-11-5-12-20-30/h3-22,27,32-34,37H,23-26H2,1-2H3,(H,40,43)(H,41,47)(H,42,44)(H,45,46)(H,48,49). The van der Waals surface area contributed by atoms with Crippen molar-refractivity contribution in [3.8, 4) is 0 Å². The fourth-order valence-electron chi connectivity index (χ4n) is 5.43. The van der Waals surface area contributed by atoms with E-state index >= 15 is 0 Å². The molecule has 0 fully saturated rings. The minimum absolute atomic E-state index is 0.00538. The summed E-state index contributed by atoms with van der Waals surface area (Å²) in [6, 6.07) is 32.7. The Kier molecular flexibility index (Phi) is 14.7. The summed E-state index contributed by atoms with van der Waals surface area (Å²) in [4.78, 5) is 63.9. The van der Waals surface area contributed by atoms with Gasteiger partial charge >= 0.3 is 19.7 Å². The van der Waals surface area contributed by atoms with E-state index in [4.69, 9.17) is 9.26 Å². The van der Waals surface area contributed by atoms with Crippen LogP contribution in [0.5, 0.6) is 0 Å². The van der Waals surface area contributed by atoms with E-state index in [1.165, 1.54) is 0 Å². The van der Waals surface area contributed by atoms with E-state index in [-0.39, 0.29) is 19.4 Å². The third-order valence-electron chi connectivity index (χ3n) is 8.22. The van der Waals surface area contributed by atoms with Crippen LogP contribution in [0.1, 0.15) is 42.0 Å². The maximum atomic E-state index is 14.0. The second-order valence-corrected chi connectivity index (χ2v) is 14.5. The van der Waals surface area contributed by atoms with Gasteiger partial charge in [-0.3, -0.25) is 18.9 Å². The monoisotopic (exact) mass is 729 g/mol. The molecule has 3 amide bonds. The number of aliphatic carboxylic acids is 1. The summed E-state index contributed by atoms with van der Waals surface area (Å²) >= 11 is 0. The van der Waals surface area contributed by atoms with Crippen molar-refractivity contribution in [2.75, 3.05) is 6.61 Å². The molecule has 0 aliphatic rings. The molecule has 4 aromatic carbocycles. The fourth-order valence-corrected chi connectivity index (χ4v) is 6.99. The zero-order valence-corrected chi connectivity index (χ0v) is 29.9. The summed E-state index contributed by atoms with van der Waals surface area (Å²) < 4.78 is 24.4. The Bertz CT molecular complexity index is 1800. The number of alkyl carbamates (subject to hydrolysis) is 1. The summed E-state index contributed by atoms with van der Waals surface area (Å²) in [5, 5.41) is 17.7. The maximum Gasteiger partial charge on any atom is 0.408 e. The molecule has 0 saturated heterocycles. The van der Waals surface area contributed by atoms with Crippen LogP contribution in [0.25, 0.3) is 0 Å². The lowest BCUT2D eigenvalue weighted by Gasteiger charge is -2.30. The van der Waals surface area contributed by atoms with Gasteiger partial charge in [-0.25, -0.2) is 4.79 Å². The number of rotatable bonds is 18. The van der Waals surface area contributed by atoms with E-state index in [9.17, 15) is 33.7 Å². The van der Waals surface area contributed by atoms with Crippen LogP contribution in [-0.2, 0) is 47.7 Å². The second kappa shape index (κ2) is 19.4. The van der Waals surface area contributed by atoms with E-state index in [0.717, 1.165) is 11.1 Å². The SMILES string of the molecule is CC(C)C(NC(=O)C(Cc1ccccc1)NC(=O)C(Cc1ccccc1)NC(=O)OCc1ccccc1)P(=O)(O)OCC(C(=O)O)c1ccccc1. The Morgan fingerprint density at radius 3 is 1.58 bits per heavy atom. The molecular weight excluding hydrogens is 685 g/mol. The number of nitrogens with one attached hydrogen (secondary N) is 3. The smallest absolute Gasteiger partial charge is 0.408 e. The highest BCUT2D eigenvalue weighted by Crippen LogP contribution is 2.50. The molecule has 0 spiro atoms. The van der Waals surface area contributed by atoms with E-state index in [0.29, 0.717) is 11.1 Å². The van der Waals surface area contributed by atoms with Crippen molar-refractivity contribution in [3.63, 3.8) is 0 Å². The minimum Gasteiger partial charge on any atom is -0.481 e. The van der Waals surface area contributed by atoms with Crippen LogP contribution in [-0.4, -0.2) is 58.4 Å². The van der Waals surface area contributed by atoms with Gasteiger partial charge in [-0.15, -0.1) is 0 Å². The van der Waals surface area contributed by atoms with Crippen LogP contribution in [0, 0.1) is 5.92 Å².